The molecule has 166 valence electrons. The zero-order valence-corrected chi connectivity index (χ0v) is 17.2. The van der Waals surface area contributed by atoms with Crippen LogP contribution in [-0.2, 0) is 13.1 Å². The third kappa shape index (κ3) is 5.51. The average Bonchev–Trinajstić information content (AvgIpc) is 3.44. The van der Waals surface area contributed by atoms with Crippen molar-refractivity contribution in [1.29, 1.82) is 0 Å². The predicted octanol–water partition coefficient (Wildman–Crippen LogP) is 4.62. The highest BCUT2D eigenvalue weighted by Gasteiger charge is 2.24. The van der Waals surface area contributed by atoms with E-state index in [0.717, 1.165) is 18.4 Å². The summed E-state index contributed by atoms with van der Waals surface area (Å²) in [6, 6.07) is 16.5. The van der Waals surface area contributed by atoms with Crippen molar-refractivity contribution in [1.82, 2.24) is 10.2 Å². The topological polar surface area (TPSA) is 71.8 Å². The highest BCUT2D eigenvalue weighted by molar-refractivity contribution is 5.97. The van der Waals surface area contributed by atoms with Gasteiger partial charge in [-0.1, -0.05) is 24.3 Å². The van der Waals surface area contributed by atoms with Gasteiger partial charge in [-0.25, -0.2) is 0 Å². The van der Waals surface area contributed by atoms with Crippen LogP contribution in [0.3, 0.4) is 0 Å². The Balaban J connectivity index is 1.54. The van der Waals surface area contributed by atoms with Crippen LogP contribution in [0.2, 0.25) is 0 Å². The van der Waals surface area contributed by atoms with Crippen molar-refractivity contribution in [2.45, 2.75) is 38.6 Å². The Labute approximate surface area is 183 Å². The standard InChI is InChI=1S/C24H22F2N2O4/c25-24(26)32-21-6-2-1-5-20(21)23(30)28(15-19-4-3-13-31-19)14-16-7-9-17(10-8-16)22(29)27-18-11-12-18/h1-10,13,18,24H,11-12,14-15H2,(H,27,29). The van der Waals surface area contributed by atoms with Gasteiger partial charge in [-0.15, -0.1) is 0 Å². The first-order valence-corrected chi connectivity index (χ1v) is 10.2. The van der Waals surface area contributed by atoms with Crippen molar-refractivity contribution < 1.29 is 27.5 Å². The third-order valence-corrected chi connectivity index (χ3v) is 5.05. The summed E-state index contributed by atoms with van der Waals surface area (Å²) in [4.78, 5) is 27.0. The van der Waals surface area contributed by atoms with Gasteiger partial charge in [-0.05, 0) is 54.8 Å². The molecular formula is C24H22F2N2O4. The maximum atomic E-state index is 13.3. The van der Waals surface area contributed by atoms with Gasteiger partial charge in [0.05, 0.1) is 18.4 Å². The fourth-order valence-electron chi connectivity index (χ4n) is 3.28. The van der Waals surface area contributed by atoms with Crippen LogP contribution >= 0.6 is 0 Å². The molecule has 0 radical (unpaired) electrons. The van der Waals surface area contributed by atoms with Crippen molar-refractivity contribution in [2.75, 3.05) is 0 Å². The second kappa shape index (κ2) is 9.64. The van der Waals surface area contributed by atoms with Crippen LogP contribution in [0.5, 0.6) is 5.75 Å². The van der Waals surface area contributed by atoms with Gasteiger partial charge in [0.25, 0.3) is 11.8 Å². The van der Waals surface area contributed by atoms with E-state index in [4.69, 9.17) is 4.42 Å². The summed E-state index contributed by atoms with van der Waals surface area (Å²) in [6.45, 7) is -2.72. The maximum Gasteiger partial charge on any atom is 0.387 e. The number of nitrogens with one attached hydrogen (secondary N) is 1. The van der Waals surface area contributed by atoms with E-state index in [1.165, 1.54) is 29.4 Å². The van der Waals surface area contributed by atoms with E-state index >= 15 is 0 Å². The van der Waals surface area contributed by atoms with Crippen LogP contribution in [0.25, 0.3) is 0 Å². The predicted molar refractivity (Wildman–Crippen MR) is 112 cm³/mol. The first-order chi connectivity index (χ1) is 15.5. The summed E-state index contributed by atoms with van der Waals surface area (Å²) >= 11 is 0. The summed E-state index contributed by atoms with van der Waals surface area (Å²) in [5.74, 6) is -0.246. The van der Waals surface area contributed by atoms with Crippen LogP contribution in [-0.4, -0.2) is 29.4 Å². The lowest BCUT2D eigenvalue weighted by Crippen LogP contribution is -2.30. The van der Waals surface area contributed by atoms with E-state index in [2.05, 4.69) is 10.1 Å². The third-order valence-electron chi connectivity index (χ3n) is 5.05. The maximum absolute atomic E-state index is 13.3. The Morgan fingerprint density at radius 2 is 1.78 bits per heavy atom. The van der Waals surface area contributed by atoms with Gasteiger partial charge in [-0.2, -0.15) is 8.78 Å². The van der Waals surface area contributed by atoms with Gasteiger partial charge >= 0.3 is 6.61 Å². The fourth-order valence-corrected chi connectivity index (χ4v) is 3.28. The largest absolute Gasteiger partial charge is 0.467 e. The molecule has 1 aliphatic rings. The number of nitrogens with zero attached hydrogens (tertiary/aromatic N) is 1. The lowest BCUT2D eigenvalue weighted by Gasteiger charge is -2.23. The highest BCUT2D eigenvalue weighted by Crippen LogP contribution is 2.24. The number of alkyl halides is 2. The van der Waals surface area contributed by atoms with E-state index < -0.39 is 12.5 Å². The van der Waals surface area contributed by atoms with Crippen molar-refractivity contribution in [3.8, 4) is 5.75 Å². The number of ether oxygens (including phenoxy) is 1. The minimum Gasteiger partial charge on any atom is -0.467 e. The molecule has 0 atom stereocenters. The molecule has 1 N–H and O–H groups in total. The molecule has 32 heavy (non-hydrogen) atoms. The number of rotatable bonds is 9. The molecule has 0 aliphatic heterocycles. The zero-order chi connectivity index (χ0) is 22.5. The molecule has 6 nitrogen and oxygen atoms in total. The summed E-state index contributed by atoms with van der Waals surface area (Å²) in [5.41, 5.74) is 1.35. The molecule has 8 heteroatoms. The Hall–Kier alpha value is -3.68. The molecule has 1 aromatic heterocycles. The first kappa shape index (κ1) is 21.5. The number of carbonyl (C=O) groups is 2. The summed E-state index contributed by atoms with van der Waals surface area (Å²) < 4.78 is 35.5. The Bertz CT molecular complexity index is 1060. The molecule has 1 aliphatic carbocycles. The number of furan rings is 1. The minimum absolute atomic E-state index is 0.0276. The van der Waals surface area contributed by atoms with Crippen LogP contribution in [0.15, 0.2) is 71.3 Å². The highest BCUT2D eigenvalue weighted by atomic mass is 19.3. The van der Waals surface area contributed by atoms with Crippen LogP contribution in [0.1, 0.15) is 44.9 Å². The summed E-state index contributed by atoms with van der Waals surface area (Å²) in [6.07, 6.45) is 3.51. The van der Waals surface area contributed by atoms with Gasteiger partial charge in [0.2, 0.25) is 0 Å². The van der Waals surface area contributed by atoms with Crippen molar-refractivity contribution in [3.63, 3.8) is 0 Å². The second-order valence-corrected chi connectivity index (χ2v) is 7.56. The molecule has 1 saturated carbocycles. The zero-order valence-electron chi connectivity index (χ0n) is 17.2. The van der Waals surface area contributed by atoms with E-state index in [1.807, 2.05) is 0 Å². The number of para-hydroxylation sites is 1. The minimum atomic E-state index is -3.04. The first-order valence-electron chi connectivity index (χ1n) is 10.2. The van der Waals surface area contributed by atoms with E-state index in [1.54, 1.807) is 42.5 Å². The fraction of sp³-hybridized carbons (Fsp3) is 0.250. The molecule has 4 rings (SSSR count). The Morgan fingerprint density at radius 1 is 1.03 bits per heavy atom. The van der Waals surface area contributed by atoms with Gasteiger partial charge in [0, 0.05) is 18.2 Å². The molecule has 0 spiro atoms. The van der Waals surface area contributed by atoms with Crippen LogP contribution in [0.4, 0.5) is 8.78 Å². The Kier molecular flexibility index (Phi) is 6.49. The normalized spacial score (nSPS) is 13.1. The monoisotopic (exact) mass is 440 g/mol. The number of halogens is 2. The van der Waals surface area contributed by atoms with Gasteiger partial charge < -0.3 is 19.4 Å². The number of carbonyl (C=O) groups excluding carboxylic acids is 2. The van der Waals surface area contributed by atoms with Gasteiger partial charge in [0.1, 0.15) is 11.5 Å². The molecule has 1 heterocycles. The van der Waals surface area contributed by atoms with Gasteiger partial charge in [0.15, 0.2) is 0 Å². The average molecular weight is 440 g/mol. The van der Waals surface area contributed by atoms with E-state index in [0.29, 0.717) is 11.3 Å². The van der Waals surface area contributed by atoms with E-state index in [-0.39, 0.29) is 36.4 Å². The smallest absolute Gasteiger partial charge is 0.387 e. The molecular weight excluding hydrogens is 418 g/mol. The van der Waals surface area contributed by atoms with Crippen molar-refractivity contribution in [2.24, 2.45) is 0 Å². The second-order valence-electron chi connectivity index (χ2n) is 7.56. The lowest BCUT2D eigenvalue weighted by atomic mass is 10.1. The van der Waals surface area contributed by atoms with Crippen LogP contribution in [0, 0.1) is 0 Å². The Morgan fingerprint density at radius 3 is 2.44 bits per heavy atom. The molecule has 1 fully saturated rings. The molecule has 0 saturated heterocycles. The van der Waals surface area contributed by atoms with Gasteiger partial charge in [-0.3, -0.25) is 9.59 Å². The van der Waals surface area contributed by atoms with Crippen molar-refractivity contribution >= 4 is 11.8 Å². The SMILES string of the molecule is O=C(NC1CC1)c1ccc(CN(Cc2ccco2)C(=O)c2ccccc2OC(F)F)cc1. The quantitative estimate of drug-likeness (QED) is 0.527. The lowest BCUT2D eigenvalue weighted by molar-refractivity contribution is -0.0503. The molecule has 2 aromatic carbocycles. The summed E-state index contributed by atoms with van der Waals surface area (Å²) in [5, 5.41) is 2.93. The number of hydrogen-bond acceptors (Lipinski definition) is 4. The number of amides is 2. The number of hydrogen-bond donors (Lipinski definition) is 1. The molecule has 0 unspecified atom stereocenters. The van der Waals surface area contributed by atoms with Crippen molar-refractivity contribution in [3.05, 3.63) is 89.4 Å². The summed E-state index contributed by atoms with van der Waals surface area (Å²) in [7, 11) is 0. The van der Waals surface area contributed by atoms with Crippen LogP contribution < -0.4 is 10.1 Å². The molecule has 3 aromatic rings. The van der Waals surface area contributed by atoms with E-state index in [9.17, 15) is 18.4 Å². The molecule has 0 bridgehead atoms. The molecule has 2 amide bonds. The number of benzene rings is 2.